The molecule has 0 aliphatic rings. The van der Waals surface area contributed by atoms with Crippen molar-refractivity contribution in [2.24, 2.45) is 0 Å². The summed E-state index contributed by atoms with van der Waals surface area (Å²) in [6, 6.07) is 5.70. The Labute approximate surface area is 146 Å². The van der Waals surface area contributed by atoms with Crippen LogP contribution in [0.1, 0.15) is 28.2 Å². The molecule has 1 aromatic heterocycles. The second kappa shape index (κ2) is 7.44. The first kappa shape index (κ1) is 18.6. The van der Waals surface area contributed by atoms with Gasteiger partial charge < -0.3 is 5.32 Å². The number of aryl methyl sites for hydroxylation is 2. The molecule has 9 heteroatoms. The normalized spacial score (nSPS) is 11.6. The molecule has 130 valence electrons. The number of nitrogens with zero attached hydrogens (tertiary/aromatic N) is 2. The van der Waals surface area contributed by atoms with Crippen LogP contribution in [0.3, 0.4) is 0 Å². The largest absolute Gasteiger partial charge is 0.435 e. The molecule has 2 rings (SSSR count). The van der Waals surface area contributed by atoms with Gasteiger partial charge in [0.2, 0.25) is 0 Å². The Morgan fingerprint density at radius 2 is 2.04 bits per heavy atom. The summed E-state index contributed by atoms with van der Waals surface area (Å²) in [5.74, 6) is -0.393. The van der Waals surface area contributed by atoms with E-state index in [4.69, 9.17) is 23.2 Å². The molecule has 0 aliphatic carbocycles. The van der Waals surface area contributed by atoms with Gasteiger partial charge in [-0.1, -0.05) is 29.3 Å². The van der Waals surface area contributed by atoms with E-state index in [9.17, 15) is 18.0 Å². The third kappa shape index (κ3) is 4.42. The molecule has 0 bridgehead atoms. The molecule has 1 N–H and O–H groups in total. The highest BCUT2D eigenvalue weighted by atomic mass is 35.5. The van der Waals surface area contributed by atoms with Gasteiger partial charge in [0, 0.05) is 18.8 Å². The van der Waals surface area contributed by atoms with Crippen LogP contribution in [-0.4, -0.2) is 22.2 Å². The zero-order valence-corrected chi connectivity index (χ0v) is 14.1. The molecule has 24 heavy (non-hydrogen) atoms. The number of carbonyl (C=O) groups excluding carboxylic acids is 1. The van der Waals surface area contributed by atoms with Crippen molar-refractivity contribution in [3.8, 4) is 0 Å². The van der Waals surface area contributed by atoms with Crippen molar-refractivity contribution in [3.05, 3.63) is 51.3 Å². The highest BCUT2D eigenvalue weighted by Gasteiger charge is 2.34. The van der Waals surface area contributed by atoms with E-state index in [2.05, 4.69) is 10.4 Å². The topological polar surface area (TPSA) is 46.9 Å². The van der Waals surface area contributed by atoms with E-state index in [0.29, 0.717) is 12.1 Å². The first-order valence-corrected chi connectivity index (χ1v) is 7.79. The van der Waals surface area contributed by atoms with Gasteiger partial charge in [0.15, 0.2) is 5.69 Å². The van der Waals surface area contributed by atoms with Gasteiger partial charge in [-0.05, 0) is 31.5 Å². The van der Waals surface area contributed by atoms with Crippen LogP contribution in [0.5, 0.6) is 0 Å². The molecule has 2 aromatic rings. The number of benzene rings is 1. The smallest absolute Gasteiger partial charge is 0.352 e. The number of nitrogens with one attached hydrogen (secondary N) is 1. The SMILES string of the molecule is Cc1cc(C(F)(F)F)nn1CCCNC(=O)c1cccc(Cl)c1Cl. The van der Waals surface area contributed by atoms with Gasteiger partial charge in [-0.2, -0.15) is 18.3 Å². The third-order valence-corrected chi connectivity index (χ3v) is 4.12. The molecule has 0 aliphatic heterocycles. The van der Waals surface area contributed by atoms with Crippen molar-refractivity contribution in [2.75, 3.05) is 6.54 Å². The maximum Gasteiger partial charge on any atom is 0.435 e. The summed E-state index contributed by atoms with van der Waals surface area (Å²) in [4.78, 5) is 12.0. The van der Waals surface area contributed by atoms with Gasteiger partial charge in [0.05, 0.1) is 15.6 Å². The van der Waals surface area contributed by atoms with Crippen LogP contribution in [0, 0.1) is 6.92 Å². The fraction of sp³-hybridized carbons (Fsp3) is 0.333. The van der Waals surface area contributed by atoms with E-state index in [0.717, 1.165) is 6.07 Å². The first-order chi connectivity index (χ1) is 11.2. The second-order valence-corrected chi connectivity index (χ2v) is 5.89. The van der Waals surface area contributed by atoms with Crippen molar-refractivity contribution >= 4 is 29.1 Å². The van der Waals surface area contributed by atoms with Crippen molar-refractivity contribution in [3.63, 3.8) is 0 Å². The summed E-state index contributed by atoms with van der Waals surface area (Å²) >= 11 is 11.8. The summed E-state index contributed by atoms with van der Waals surface area (Å²) in [6.45, 7) is 2.07. The molecule has 1 amide bonds. The van der Waals surface area contributed by atoms with Crippen LogP contribution < -0.4 is 5.32 Å². The van der Waals surface area contributed by atoms with Gasteiger partial charge in [-0.15, -0.1) is 0 Å². The van der Waals surface area contributed by atoms with Crippen molar-refractivity contribution in [1.29, 1.82) is 0 Å². The van der Waals surface area contributed by atoms with Gasteiger partial charge in [0.25, 0.3) is 5.91 Å². The fourth-order valence-electron chi connectivity index (χ4n) is 2.08. The Hall–Kier alpha value is -1.73. The van der Waals surface area contributed by atoms with Gasteiger partial charge in [0.1, 0.15) is 0 Å². The van der Waals surface area contributed by atoms with E-state index in [-0.39, 0.29) is 28.7 Å². The predicted molar refractivity (Wildman–Crippen MR) is 85.4 cm³/mol. The minimum absolute atomic E-state index is 0.161. The molecule has 4 nitrogen and oxygen atoms in total. The molecule has 0 radical (unpaired) electrons. The summed E-state index contributed by atoms with van der Waals surface area (Å²) in [5, 5.41) is 6.61. The summed E-state index contributed by atoms with van der Waals surface area (Å²) in [6.07, 6.45) is -4.04. The first-order valence-electron chi connectivity index (χ1n) is 7.04. The Morgan fingerprint density at radius 3 is 2.67 bits per heavy atom. The zero-order valence-electron chi connectivity index (χ0n) is 12.6. The zero-order chi connectivity index (χ0) is 17.9. The molecule has 0 atom stereocenters. The lowest BCUT2D eigenvalue weighted by molar-refractivity contribution is -0.141. The van der Waals surface area contributed by atoms with Crippen LogP contribution in [-0.2, 0) is 12.7 Å². The number of hydrogen-bond donors (Lipinski definition) is 1. The molecule has 0 saturated heterocycles. The lowest BCUT2D eigenvalue weighted by Gasteiger charge is -2.08. The number of halogens is 5. The quantitative estimate of drug-likeness (QED) is 0.785. The average molecular weight is 380 g/mol. The van der Waals surface area contributed by atoms with E-state index in [1.165, 1.54) is 10.7 Å². The maximum absolute atomic E-state index is 12.6. The van der Waals surface area contributed by atoms with Gasteiger partial charge >= 0.3 is 6.18 Å². The Kier molecular flexibility index (Phi) is 5.77. The summed E-state index contributed by atoms with van der Waals surface area (Å²) < 4.78 is 39.0. The molecule has 1 aromatic carbocycles. The summed E-state index contributed by atoms with van der Waals surface area (Å²) in [5.41, 5.74) is -0.264. The van der Waals surface area contributed by atoms with Crippen molar-refractivity contribution in [1.82, 2.24) is 15.1 Å². The molecule has 0 unspecified atom stereocenters. The maximum atomic E-state index is 12.6. The lowest BCUT2D eigenvalue weighted by atomic mass is 10.2. The van der Waals surface area contributed by atoms with Crippen molar-refractivity contribution in [2.45, 2.75) is 26.1 Å². The monoisotopic (exact) mass is 379 g/mol. The van der Waals surface area contributed by atoms with Crippen molar-refractivity contribution < 1.29 is 18.0 Å². The standard InChI is InChI=1S/C15H14Cl2F3N3O/c1-9-8-12(15(18,19)20)22-23(9)7-3-6-21-14(24)10-4-2-5-11(16)13(10)17/h2,4-5,8H,3,6-7H2,1H3,(H,21,24). The molecule has 0 saturated carbocycles. The van der Waals surface area contributed by atoms with Crippen LogP contribution in [0.15, 0.2) is 24.3 Å². The number of rotatable bonds is 5. The number of carbonyl (C=O) groups is 1. The Morgan fingerprint density at radius 1 is 1.33 bits per heavy atom. The van der Waals surface area contributed by atoms with E-state index in [1.54, 1.807) is 19.1 Å². The number of aromatic nitrogens is 2. The Bertz CT molecular complexity index is 744. The predicted octanol–water partition coefficient (Wildman–Crippen LogP) is 4.34. The van der Waals surface area contributed by atoms with E-state index in [1.807, 2.05) is 0 Å². The minimum Gasteiger partial charge on any atom is -0.352 e. The molecule has 1 heterocycles. The lowest BCUT2D eigenvalue weighted by Crippen LogP contribution is -2.25. The number of alkyl halides is 3. The highest BCUT2D eigenvalue weighted by molar-refractivity contribution is 6.43. The van der Waals surface area contributed by atoms with Crippen LogP contribution in [0.2, 0.25) is 10.0 Å². The molecule has 0 fully saturated rings. The van der Waals surface area contributed by atoms with Crippen LogP contribution in [0.4, 0.5) is 13.2 Å². The number of amides is 1. The fourth-order valence-corrected chi connectivity index (χ4v) is 2.47. The van der Waals surface area contributed by atoms with Crippen LogP contribution in [0.25, 0.3) is 0 Å². The Balaban J connectivity index is 1.88. The minimum atomic E-state index is -4.46. The second-order valence-electron chi connectivity index (χ2n) is 5.10. The highest BCUT2D eigenvalue weighted by Crippen LogP contribution is 2.28. The number of hydrogen-bond acceptors (Lipinski definition) is 2. The van der Waals surface area contributed by atoms with E-state index >= 15 is 0 Å². The van der Waals surface area contributed by atoms with Gasteiger partial charge in [-0.3, -0.25) is 9.48 Å². The van der Waals surface area contributed by atoms with E-state index < -0.39 is 17.8 Å². The molecular weight excluding hydrogens is 366 g/mol. The third-order valence-electron chi connectivity index (χ3n) is 3.30. The molecule has 0 spiro atoms. The average Bonchev–Trinajstić information content (AvgIpc) is 2.87. The van der Waals surface area contributed by atoms with Gasteiger partial charge in [-0.25, -0.2) is 0 Å². The molecular formula is C15H14Cl2F3N3O. The van der Waals surface area contributed by atoms with Crippen LogP contribution >= 0.6 is 23.2 Å². The summed E-state index contributed by atoms with van der Waals surface area (Å²) in [7, 11) is 0.